The van der Waals surface area contributed by atoms with Crippen molar-refractivity contribution in [1.82, 2.24) is 19.9 Å². The molecule has 0 radical (unpaired) electrons. The summed E-state index contributed by atoms with van der Waals surface area (Å²) in [4.78, 5) is 29.8. The summed E-state index contributed by atoms with van der Waals surface area (Å²) < 4.78 is 0. The Kier molecular flexibility index (Phi) is 5.51. The van der Waals surface area contributed by atoms with Gasteiger partial charge in [0.2, 0.25) is 5.91 Å². The van der Waals surface area contributed by atoms with Crippen molar-refractivity contribution in [3.05, 3.63) is 96.6 Å². The molecule has 0 aliphatic rings. The van der Waals surface area contributed by atoms with E-state index in [4.69, 9.17) is 15.7 Å². The minimum atomic E-state index is -0.655. The third kappa shape index (κ3) is 4.43. The fraction of sp³-hybridized carbons (Fsp3) is 0.0769. The van der Waals surface area contributed by atoms with E-state index < -0.39 is 11.9 Å². The predicted molar refractivity (Wildman–Crippen MR) is 129 cm³/mol. The molecule has 33 heavy (non-hydrogen) atoms. The number of nitrogens with zero attached hydrogens (tertiary/aromatic N) is 3. The molecule has 0 bridgehead atoms. The van der Waals surface area contributed by atoms with Crippen LogP contribution in [0.25, 0.3) is 33.9 Å². The van der Waals surface area contributed by atoms with Gasteiger partial charge in [0, 0.05) is 17.5 Å². The lowest BCUT2D eigenvalue weighted by atomic mass is 10.1. The van der Waals surface area contributed by atoms with Gasteiger partial charge >= 0.3 is 0 Å². The number of amides is 1. The van der Waals surface area contributed by atoms with E-state index in [1.54, 1.807) is 0 Å². The first-order valence-electron chi connectivity index (χ1n) is 10.7. The number of H-pyrrole nitrogens is 1. The van der Waals surface area contributed by atoms with Crippen molar-refractivity contribution in [2.75, 3.05) is 5.32 Å². The van der Waals surface area contributed by atoms with Crippen LogP contribution in [0, 0.1) is 0 Å². The SMILES string of the molecule is NC(=O)C(Cc1ccccc1)Nc1nc(-c2ccccc2)nc2nc(-c3ccccc3)[nH]c12. The number of rotatable bonds is 7. The number of benzene rings is 3. The lowest BCUT2D eigenvalue weighted by molar-refractivity contribution is -0.118. The van der Waals surface area contributed by atoms with E-state index in [9.17, 15) is 4.79 Å². The summed E-state index contributed by atoms with van der Waals surface area (Å²) in [5.74, 6) is 1.20. The minimum Gasteiger partial charge on any atom is -0.368 e. The normalized spacial score (nSPS) is 11.9. The molecular formula is C26H22N6O. The van der Waals surface area contributed by atoms with E-state index >= 15 is 0 Å². The Morgan fingerprint density at radius 1 is 0.818 bits per heavy atom. The third-order valence-electron chi connectivity index (χ3n) is 5.37. The van der Waals surface area contributed by atoms with Crippen LogP contribution in [0.1, 0.15) is 5.56 Å². The number of nitrogens with two attached hydrogens (primary N) is 1. The Morgan fingerprint density at radius 3 is 2.06 bits per heavy atom. The van der Waals surface area contributed by atoms with Crippen LogP contribution in [0.15, 0.2) is 91.0 Å². The number of imidazole rings is 1. The van der Waals surface area contributed by atoms with E-state index in [2.05, 4.69) is 15.3 Å². The number of aromatic amines is 1. The van der Waals surface area contributed by atoms with Crippen molar-refractivity contribution >= 4 is 22.9 Å². The molecule has 7 heteroatoms. The summed E-state index contributed by atoms with van der Waals surface area (Å²) >= 11 is 0. The lowest BCUT2D eigenvalue weighted by Gasteiger charge is -2.17. The van der Waals surface area contributed by atoms with Gasteiger partial charge in [-0.1, -0.05) is 91.0 Å². The molecule has 0 aliphatic carbocycles. The summed E-state index contributed by atoms with van der Waals surface area (Å²) in [6.07, 6.45) is 0.433. The van der Waals surface area contributed by atoms with Crippen molar-refractivity contribution in [2.24, 2.45) is 5.73 Å². The van der Waals surface area contributed by atoms with Gasteiger partial charge in [-0.2, -0.15) is 0 Å². The molecule has 2 aromatic heterocycles. The van der Waals surface area contributed by atoms with Crippen LogP contribution in [-0.2, 0) is 11.2 Å². The highest BCUT2D eigenvalue weighted by atomic mass is 16.1. The zero-order chi connectivity index (χ0) is 22.6. The summed E-state index contributed by atoms with van der Waals surface area (Å²) in [5, 5.41) is 3.25. The first-order valence-corrected chi connectivity index (χ1v) is 10.7. The third-order valence-corrected chi connectivity index (χ3v) is 5.37. The van der Waals surface area contributed by atoms with Crippen molar-refractivity contribution in [2.45, 2.75) is 12.5 Å². The lowest BCUT2D eigenvalue weighted by Crippen LogP contribution is -2.37. The van der Waals surface area contributed by atoms with Crippen molar-refractivity contribution in [1.29, 1.82) is 0 Å². The van der Waals surface area contributed by atoms with Crippen LogP contribution in [0.5, 0.6) is 0 Å². The smallest absolute Gasteiger partial charge is 0.240 e. The van der Waals surface area contributed by atoms with Gasteiger partial charge < -0.3 is 16.0 Å². The Balaban J connectivity index is 1.60. The number of carbonyl (C=O) groups excluding carboxylic acids is 1. The molecule has 5 aromatic rings. The maximum atomic E-state index is 12.3. The molecule has 5 rings (SSSR count). The van der Waals surface area contributed by atoms with E-state index in [0.717, 1.165) is 16.7 Å². The number of primary amides is 1. The molecule has 1 unspecified atom stereocenters. The zero-order valence-corrected chi connectivity index (χ0v) is 17.8. The fourth-order valence-electron chi connectivity index (χ4n) is 3.69. The molecule has 3 aromatic carbocycles. The number of nitrogens with one attached hydrogen (secondary N) is 2. The molecule has 0 spiro atoms. The molecule has 0 saturated carbocycles. The number of carbonyl (C=O) groups is 1. The molecule has 0 aliphatic heterocycles. The van der Waals surface area contributed by atoms with Crippen LogP contribution < -0.4 is 11.1 Å². The summed E-state index contributed by atoms with van der Waals surface area (Å²) in [5.41, 5.74) is 9.66. The molecule has 1 amide bonds. The second-order valence-corrected chi connectivity index (χ2v) is 7.70. The average Bonchev–Trinajstić information content (AvgIpc) is 3.30. The van der Waals surface area contributed by atoms with Gasteiger partial charge in [-0.25, -0.2) is 15.0 Å². The van der Waals surface area contributed by atoms with Crippen molar-refractivity contribution in [3.63, 3.8) is 0 Å². The van der Waals surface area contributed by atoms with Gasteiger partial charge in [0.05, 0.1) is 0 Å². The monoisotopic (exact) mass is 434 g/mol. The summed E-state index contributed by atoms with van der Waals surface area (Å²) in [7, 11) is 0. The molecule has 1 atom stereocenters. The number of hydrogen-bond acceptors (Lipinski definition) is 5. The quantitative estimate of drug-likeness (QED) is 0.356. The zero-order valence-electron chi connectivity index (χ0n) is 17.8. The Bertz CT molecular complexity index is 1380. The van der Waals surface area contributed by atoms with E-state index in [-0.39, 0.29) is 0 Å². The number of anilines is 1. The second-order valence-electron chi connectivity index (χ2n) is 7.70. The average molecular weight is 435 g/mol. The first-order chi connectivity index (χ1) is 16.2. The largest absolute Gasteiger partial charge is 0.368 e. The molecular weight excluding hydrogens is 412 g/mol. The van der Waals surface area contributed by atoms with Gasteiger partial charge in [0.25, 0.3) is 0 Å². The number of fused-ring (bicyclic) bond motifs is 1. The molecule has 7 nitrogen and oxygen atoms in total. The highest BCUT2D eigenvalue weighted by Crippen LogP contribution is 2.27. The molecule has 4 N–H and O–H groups in total. The van der Waals surface area contributed by atoms with E-state index in [1.165, 1.54) is 0 Å². The summed E-state index contributed by atoms with van der Waals surface area (Å²) in [6.45, 7) is 0. The number of aromatic nitrogens is 4. The highest BCUT2D eigenvalue weighted by molar-refractivity contribution is 5.90. The predicted octanol–water partition coefficient (Wildman–Crippen LogP) is 4.20. The van der Waals surface area contributed by atoms with Gasteiger partial charge in [-0.15, -0.1) is 0 Å². The summed E-state index contributed by atoms with van der Waals surface area (Å²) in [6, 6.07) is 28.5. The standard InChI is InChI=1S/C26H22N6O/c27-22(33)20(16-17-10-4-1-5-11-17)28-25-21-26(30-23(29-21)18-12-6-2-7-13-18)32-24(31-25)19-14-8-3-9-15-19/h1-15,20H,16H2,(H2,27,33)(H2,28,29,30,31,32). The maximum absolute atomic E-state index is 12.3. The maximum Gasteiger partial charge on any atom is 0.240 e. The first kappa shape index (κ1) is 20.4. The topological polar surface area (TPSA) is 110 Å². The van der Waals surface area contributed by atoms with Crippen LogP contribution in [0.2, 0.25) is 0 Å². The Labute approximate surface area is 190 Å². The van der Waals surface area contributed by atoms with Crippen LogP contribution in [0.3, 0.4) is 0 Å². The number of hydrogen-bond donors (Lipinski definition) is 3. The highest BCUT2D eigenvalue weighted by Gasteiger charge is 2.21. The van der Waals surface area contributed by atoms with E-state index in [1.807, 2.05) is 91.0 Å². The second kappa shape index (κ2) is 8.92. The van der Waals surface area contributed by atoms with Gasteiger partial charge in [0.1, 0.15) is 17.4 Å². The van der Waals surface area contributed by atoms with Gasteiger partial charge in [-0.05, 0) is 5.56 Å². The minimum absolute atomic E-state index is 0.433. The molecule has 0 fully saturated rings. The van der Waals surface area contributed by atoms with Crippen molar-refractivity contribution < 1.29 is 4.79 Å². The molecule has 2 heterocycles. The van der Waals surface area contributed by atoms with Crippen LogP contribution in [0.4, 0.5) is 5.82 Å². The molecule has 0 saturated heterocycles. The van der Waals surface area contributed by atoms with Gasteiger partial charge in [0.15, 0.2) is 17.3 Å². The Hall–Kier alpha value is -4.52. The fourth-order valence-corrected chi connectivity index (χ4v) is 3.69. The Morgan fingerprint density at radius 2 is 1.42 bits per heavy atom. The van der Waals surface area contributed by atoms with E-state index in [0.29, 0.717) is 35.1 Å². The van der Waals surface area contributed by atoms with Gasteiger partial charge in [-0.3, -0.25) is 4.79 Å². The molecule has 162 valence electrons. The van der Waals surface area contributed by atoms with Crippen LogP contribution in [-0.4, -0.2) is 31.9 Å². The van der Waals surface area contributed by atoms with Crippen LogP contribution >= 0.6 is 0 Å². The van der Waals surface area contributed by atoms with Crippen molar-refractivity contribution in [3.8, 4) is 22.8 Å².